The van der Waals surface area contributed by atoms with Crippen molar-refractivity contribution in [1.29, 1.82) is 0 Å². The van der Waals surface area contributed by atoms with Crippen molar-refractivity contribution in [2.45, 2.75) is 38.1 Å². The number of ketones is 1. The van der Waals surface area contributed by atoms with Gasteiger partial charge in [-0.25, -0.2) is 18.4 Å². The minimum Gasteiger partial charge on any atom is -0.393 e. The number of hydrogen-bond donors (Lipinski definition) is 1. The molecule has 12 heteroatoms. The topological polar surface area (TPSA) is 80.4 Å². The van der Waals surface area contributed by atoms with Gasteiger partial charge in [0, 0.05) is 11.5 Å². The lowest BCUT2D eigenvalue weighted by molar-refractivity contribution is -0.137. The molecule has 0 spiro atoms. The summed E-state index contributed by atoms with van der Waals surface area (Å²) in [5, 5.41) is 12.9. The van der Waals surface area contributed by atoms with Crippen LogP contribution in [-0.4, -0.2) is 37.5 Å². The van der Waals surface area contributed by atoms with Crippen molar-refractivity contribution in [2.24, 2.45) is 10.9 Å². The number of aliphatic hydroxyl groups is 1. The highest BCUT2D eigenvalue weighted by atomic mass is 35.5. The lowest BCUT2D eigenvalue weighted by atomic mass is 9.79. The third-order valence-corrected chi connectivity index (χ3v) is 6.52. The SMILES string of the molecule is C[C@@H]1N=C(c2c(F)cccc2F)c2c(ccc(C(F)(F)F)c2Cl)-n2nc(C(=O)C3CC(O)C3)nc21. The molecule has 1 aromatic heterocycles. The molecule has 1 atom stereocenters. The Kier molecular flexibility index (Phi) is 5.52. The number of carbonyl (C=O) groups is 1. The largest absolute Gasteiger partial charge is 0.417 e. The van der Waals surface area contributed by atoms with Crippen LogP contribution in [0.2, 0.25) is 5.02 Å². The van der Waals surface area contributed by atoms with Gasteiger partial charge >= 0.3 is 6.18 Å². The molecule has 1 saturated carbocycles. The van der Waals surface area contributed by atoms with Gasteiger partial charge in [0.2, 0.25) is 11.6 Å². The summed E-state index contributed by atoms with van der Waals surface area (Å²) in [6.45, 7) is 1.51. The summed E-state index contributed by atoms with van der Waals surface area (Å²) in [6.07, 6.45) is -4.94. The van der Waals surface area contributed by atoms with Gasteiger partial charge in [-0.05, 0) is 44.0 Å². The molecule has 1 fully saturated rings. The number of aliphatic imine (C=N–C) groups is 1. The lowest BCUT2D eigenvalue weighted by Crippen LogP contribution is -2.34. The van der Waals surface area contributed by atoms with Crippen LogP contribution in [0.3, 0.4) is 0 Å². The summed E-state index contributed by atoms with van der Waals surface area (Å²) in [6, 6.07) is 3.85. The third-order valence-electron chi connectivity index (χ3n) is 6.12. The van der Waals surface area contributed by atoms with Crippen molar-refractivity contribution in [3.05, 3.63) is 75.3 Å². The number of nitrogens with zero attached hydrogens (tertiary/aromatic N) is 4. The molecule has 1 aliphatic carbocycles. The number of rotatable bonds is 3. The van der Waals surface area contributed by atoms with Crippen LogP contribution < -0.4 is 0 Å². The molecule has 0 amide bonds. The first-order valence-electron chi connectivity index (χ1n) is 10.6. The number of hydrogen-bond acceptors (Lipinski definition) is 5. The van der Waals surface area contributed by atoms with Gasteiger partial charge < -0.3 is 5.11 Å². The Hall–Kier alpha value is -3.18. The number of carbonyl (C=O) groups excluding carboxylic acids is 1. The molecule has 0 radical (unpaired) electrons. The average Bonchev–Trinajstić information content (AvgIpc) is 3.16. The minimum absolute atomic E-state index is 0.0658. The number of aromatic nitrogens is 3. The molecular weight excluding hydrogens is 495 g/mol. The lowest BCUT2D eigenvalue weighted by Gasteiger charge is -2.28. The molecule has 182 valence electrons. The van der Waals surface area contributed by atoms with Gasteiger partial charge in [-0.3, -0.25) is 9.79 Å². The smallest absolute Gasteiger partial charge is 0.393 e. The molecule has 5 rings (SSSR count). The molecule has 0 unspecified atom stereocenters. The second-order valence-corrected chi connectivity index (χ2v) is 8.84. The fourth-order valence-electron chi connectivity index (χ4n) is 4.28. The van der Waals surface area contributed by atoms with E-state index in [2.05, 4.69) is 15.1 Å². The first kappa shape index (κ1) is 23.6. The van der Waals surface area contributed by atoms with Crippen molar-refractivity contribution < 1.29 is 31.9 Å². The Morgan fingerprint density at radius 2 is 1.77 bits per heavy atom. The molecule has 6 nitrogen and oxygen atoms in total. The monoisotopic (exact) mass is 510 g/mol. The Balaban J connectivity index is 1.77. The number of halogens is 6. The first-order valence-corrected chi connectivity index (χ1v) is 11.0. The van der Waals surface area contributed by atoms with Crippen LogP contribution in [0.4, 0.5) is 22.0 Å². The van der Waals surface area contributed by atoms with E-state index in [1.807, 2.05) is 0 Å². The van der Waals surface area contributed by atoms with E-state index in [0.29, 0.717) is 0 Å². The van der Waals surface area contributed by atoms with E-state index >= 15 is 0 Å². The maximum atomic E-state index is 14.8. The average molecular weight is 511 g/mol. The van der Waals surface area contributed by atoms with Gasteiger partial charge in [-0.2, -0.15) is 13.2 Å². The molecule has 2 aliphatic rings. The van der Waals surface area contributed by atoms with E-state index in [4.69, 9.17) is 11.6 Å². The van der Waals surface area contributed by atoms with Crippen molar-refractivity contribution in [1.82, 2.24) is 14.8 Å². The van der Waals surface area contributed by atoms with E-state index in [9.17, 15) is 31.9 Å². The molecule has 0 saturated heterocycles. The molecule has 3 aromatic rings. The molecule has 35 heavy (non-hydrogen) atoms. The van der Waals surface area contributed by atoms with Crippen LogP contribution >= 0.6 is 11.6 Å². The molecule has 1 N–H and O–H groups in total. The molecule has 2 aromatic carbocycles. The van der Waals surface area contributed by atoms with Crippen molar-refractivity contribution >= 4 is 23.1 Å². The van der Waals surface area contributed by atoms with Crippen molar-refractivity contribution in [3.63, 3.8) is 0 Å². The zero-order valence-electron chi connectivity index (χ0n) is 17.9. The number of Topliss-reactive ketones (excluding diaryl/α,β-unsaturated/α-hetero) is 1. The molecule has 1 aliphatic heterocycles. The Labute approximate surface area is 200 Å². The van der Waals surface area contributed by atoms with Gasteiger partial charge in [-0.15, -0.1) is 5.10 Å². The van der Waals surface area contributed by atoms with Crippen molar-refractivity contribution in [2.75, 3.05) is 0 Å². The summed E-state index contributed by atoms with van der Waals surface area (Å²) < 4.78 is 71.7. The highest BCUT2D eigenvalue weighted by Crippen LogP contribution is 2.42. The van der Waals surface area contributed by atoms with Crippen LogP contribution in [0.5, 0.6) is 0 Å². The number of benzene rings is 2. The van der Waals surface area contributed by atoms with Crippen LogP contribution in [-0.2, 0) is 6.18 Å². The summed E-state index contributed by atoms with van der Waals surface area (Å²) in [4.78, 5) is 21.3. The van der Waals surface area contributed by atoms with Crippen LogP contribution in [0.15, 0.2) is 35.3 Å². The quantitative estimate of drug-likeness (QED) is 0.393. The summed E-state index contributed by atoms with van der Waals surface area (Å²) in [7, 11) is 0. The van der Waals surface area contributed by atoms with Gasteiger partial charge in [0.15, 0.2) is 5.82 Å². The fraction of sp³-hybridized carbons (Fsp3) is 0.304. The van der Waals surface area contributed by atoms with Gasteiger partial charge in [0.25, 0.3) is 0 Å². The van der Waals surface area contributed by atoms with E-state index in [1.165, 1.54) is 6.92 Å². The Morgan fingerprint density at radius 1 is 1.11 bits per heavy atom. The van der Waals surface area contributed by atoms with E-state index in [-0.39, 0.29) is 35.7 Å². The highest BCUT2D eigenvalue weighted by Gasteiger charge is 2.40. The van der Waals surface area contributed by atoms with Crippen LogP contribution in [0, 0.1) is 17.6 Å². The normalized spacial score (nSPS) is 21.5. The zero-order chi connectivity index (χ0) is 25.2. The molecule has 0 bridgehead atoms. The van der Waals surface area contributed by atoms with E-state index < -0.39 is 63.5 Å². The maximum absolute atomic E-state index is 14.8. The fourth-order valence-corrected chi connectivity index (χ4v) is 4.63. The molecular formula is C23H16ClF5N4O2. The predicted molar refractivity (Wildman–Crippen MR) is 115 cm³/mol. The van der Waals surface area contributed by atoms with E-state index in [0.717, 1.165) is 35.0 Å². The van der Waals surface area contributed by atoms with E-state index in [1.54, 1.807) is 0 Å². The number of aliphatic hydroxyl groups excluding tert-OH is 1. The number of alkyl halides is 3. The summed E-state index contributed by atoms with van der Waals surface area (Å²) in [5.74, 6) is -3.09. The van der Waals surface area contributed by atoms with Crippen LogP contribution in [0.1, 0.15) is 58.9 Å². The summed E-state index contributed by atoms with van der Waals surface area (Å²) >= 11 is 6.21. The highest BCUT2D eigenvalue weighted by molar-refractivity contribution is 6.37. The molecule has 2 heterocycles. The summed E-state index contributed by atoms with van der Waals surface area (Å²) in [5.41, 5.74) is -2.75. The first-order chi connectivity index (χ1) is 16.5. The van der Waals surface area contributed by atoms with Gasteiger partial charge in [-0.1, -0.05) is 17.7 Å². The second kappa shape index (κ2) is 8.20. The maximum Gasteiger partial charge on any atom is 0.417 e. The Bertz CT molecular complexity index is 1380. The third kappa shape index (κ3) is 3.82. The standard InChI is InChI=1S/C23H16ClF5N4O2/c1-9-22-31-21(20(35)10-7-11(34)8-10)32-33(22)15-6-5-12(23(27,28)29)18(24)17(15)19(30-9)16-13(25)3-2-4-14(16)26/h2-6,9-11,34H,7-8H2,1H3/t9-,10?,11?/m0/s1. The van der Waals surface area contributed by atoms with Gasteiger partial charge in [0.1, 0.15) is 17.7 Å². The Morgan fingerprint density at radius 3 is 2.37 bits per heavy atom. The second-order valence-electron chi connectivity index (χ2n) is 8.46. The van der Waals surface area contributed by atoms with Crippen LogP contribution in [0.25, 0.3) is 5.69 Å². The van der Waals surface area contributed by atoms with Crippen molar-refractivity contribution in [3.8, 4) is 5.69 Å². The predicted octanol–water partition coefficient (Wildman–Crippen LogP) is 5.08. The number of fused-ring (bicyclic) bond motifs is 3. The zero-order valence-corrected chi connectivity index (χ0v) is 18.7. The van der Waals surface area contributed by atoms with Gasteiger partial charge in [0.05, 0.1) is 33.7 Å². The minimum atomic E-state index is -4.86.